The van der Waals surface area contributed by atoms with Crippen molar-refractivity contribution < 1.29 is 8.42 Å². The van der Waals surface area contributed by atoms with Crippen LogP contribution in [-0.2, 0) is 10.0 Å². The van der Waals surface area contributed by atoms with Crippen molar-refractivity contribution in [3.63, 3.8) is 0 Å². The van der Waals surface area contributed by atoms with Gasteiger partial charge in [0.15, 0.2) is 0 Å². The fourth-order valence-corrected chi connectivity index (χ4v) is 3.87. The molecule has 3 nitrogen and oxygen atoms in total. The summed E-state index contributed by atoms with van der Waals surface area (Å²) in [4.78, 5) is 0.317. The first-order valence-corrected chi connectivity index (χ1v) is 8.63. The van der Waals surface area contributed by atoms with Crippen LogP contribution < -0.4 is 4.72 Å². The first-order valence-electron chi connectivity index (χ1n) is 6.77. The van der Waals surface area contributed by atoms with E-state index in [-0.39, 0.29) is 6.04 Å². The van der Waals surface area contributed by atoms with Gasteiger partial charge in [-0.15, -0.1) is 0 Å². The third-order valence-electron chi connectivity index (χ3n) is 3.36. The lowest BCUT2D eigenvalue weighted by atomic mass is 10.1. The largest absolute Gasteiger partial charge is 0.241 e. The fourth-order valence-electron chi connectivity index (χ4n) is 2.19. The standard InChI is InChI=1S/C16H18ClNO2S/c1-3-15(13-8-10-14(17)11-9-13)18-21(19,20)16-7-5-4-6-12(16)2/h4-11,15,18H,3H2,1-2H3. The normalized spacial score (nSPS) is 13.1. The monoisotopic (exact) mass is 323 g/mol. The number of nitrogens with one attached hydrogen (secondary N) is 1. The molecule has 0 fully saturated rings. The average molecular weight is 324 g/mol. The number of sulfonamides is 1. The SMILES string of the molecule is CCC(NS(=O)(=O)c1ccccc1C)c1ccc(Cl)cc1. The van der Waals surface area contributed by atoms with E-state index in [4.69, 9.17) is 11.6 Å². The molecule has 5 heteroatoms. The highest BCUT2D eigenvalue weighted by Crippen LogP contribution is 2.23. The molecule has 0 aliphatic rings. The number of aryl methyl sites for hydroxylation is 1. The van der Waals surface area contributed by atoms with Gasteiger partial charge < -0.3 is 0 Å². The molecule has 0 saturated heterocycles. The first-order chi connectivity index (χ1) is 9.94. The molecule has 2 rings (SSSR count). The van der Waals surface area contributed by atoms with Gasteiger partial charge in [0.05, 0.1) is 4.90 Å². The molecular weight excluding hydrogens is 306 g/mol. The summed E-state index contributed by atoms with van der Waals surface area (Å²) in [6.45, 7) is 3.73. The van der Waals surface area contributed by atoms with E-state index in [0.717, 1.165) is 11.1 Å². The van der Waals surface area contributed by atoms with Gasteiger partial charge >= 0.3 is 0 Å². The topological polar surface area (TPSA) is 46.2 Å². The maximum Gasteiger partial charge on any atom is 0.241 e. The molecule has 0 aliphatic heterocycles. The second-order valence-electron chi connectivity index (χ2n) is 4.90. The number of halogens is 1. The maximum atomic E-state index is 12.5. The Bertz CT molecular complexity index is 711. The van der Waals surface area contributed by atoms with Crippen molar-refractivity contribution in [3.05, 3.63) is 64.7 Å². The molecule has 0 bridgehead atoms. The van der Waals surface area contributed by atoms with Gasteiger partial charge in [-0.2, -0.15) is 0 Å². The summed E-state index contributed by atoms with van der Waals surface area (Å²) >= 11 is 5.87. The summed E-state index contributed by atoms with van der Waals surface area (Å²) in [5.41, 5.74) is 1.63. The summed E-state index contributed by atoms with van der Waals surface area (Å²) in [6.07, 6.45) is 0.659. The van der Waals surface area contributed by atoms with Gasteiger partial charge in [0, 0.05) is 11.1 Å². The summed E-state index contributed by atoms with van der Waals surface area (Å²) in [6, 6.07) is 13.9. The molecule has 1 atom stereocenters. The minimum Gasteiger partial charge on any atom is -0.207 e. The maximum absolute atomic E-state index is 12.5. The quantitative estimate of drug-likeness (QED) is 0.901. The van der Waals surface area contributed by atoms with Crippen molar-refractivity contribution in [2.24, 2.45) is 0 Å². The van der Waals surface area contributed by atoms with Gasteiger partial charge in [0.1, 0.15) is 0 Å². The zero-order valence-corrected chi connectivity index (χ0v) is 13.6. The van der Waals surface area contributed by atoms with Gasteiger partial charge in [-0.1, -0.05) is 48.9 Å². The molecule has 0 aromatic heterocycles. The van der Waals surface area contributed by atoms with Gasteiger partial charge in [-0.05, 0) is 42.7 Å². The molecule has 2 aromatic carbocycles. The zero-order valence-electron chi connectivity index (χ0n) is 12.0. The second kappa shape index (κ2) is 6.60. The Morgan fingerprint density at radius 3 is 2.29 bits per heavy atom. The molecule has 21 heavy (non-hydrogen) atoms. The Labute approximate surface area is 131 Å². The highest BCUT2D eigenvalue weighted by molar-refractivity contribution is 7.89. The van der Waals surface area contributed by atoms with Gasteiger partial charge in [-0.25, -0.2) is 13.1 Å². The van der Waals surface area contributed by atoms with E-state index < -0.39 is 10.0 Å². The van der Waals surface area contributed by atoms with Crippen molar-refractivity contribution in [1.29, 1.82) is 0 Å². The van der Waals surface area contributed by atoms with Crippen LogP contribution in [0, 0.1) is 6.92 Å². The summed E-state index contributed by atoms with van der Waals surface area (Å²) in [5, 5.41) is 0.635. The molecule has 0 amide bonds. The molecule has 112 valence electrons. The van der Waals surface area contributed by atoms with Crippen LogP contribution in [0.2, 0.25) is 5.02 Å². The summed E-state index contributed by atoms with van der Waals surface area (Å²) in [5.74, 6) is 0. The lowest BCUT2D eigenvalue weighted by Gasteiger charge is -2.18. The van der Waals surface area contributed by atoms with E-state index in [1.807, 2.05) is 25.1 Å². The smallest absolute Gasteiger partial charge is 0.207 e. The van der Waals surface area contributed by atoms with E-state index in [1.54, 1.807) is 37.3 Å². The zero-order chi connectivity index (χ0) is 15.5. The predicted octanol–water partition coefficient (Wildman–Crippen LogP) is 4.08. The third kappa shape index (κ3) is 3.84. The van der Waals surface area contributed by atoms with E-state index in [1.165, 1.54) is 0 Å². The van der Waals surface area contributed by atoms with E-state index in [2.05, 4.69) is 4.72 Å². The van der Waals surface area contributed by atoms with Crippen LogP contribution in [0.1, 0.15) is 30.5 Å². The number of rotatable bonds is 5. The van der Waals surface area contributed by atoms with Crippen LogP contribution in [0.25, 0.3) is 0 Å². The molecule has 0 radical (unpaired) electrons. The highest BCUT2D eigenvalue weighted by atomic mass is 35.5. The van der Waals surface area contributed by atoms with Crippen molar-refractivity contribution in [3.8, 4) is 0 Å². The lowest BCUT2D eigenvalue weighted by molar-refractivity contribution is 0.549. The molecule has 0 aliphatic carbocycles. The Kier molecular flexibility index (Phi) is 5.04. The first kappa shape index (κ1) is 16.0. The van der Waals surface area contributed by atoms with Crippen molar-refractivity contribution in [1.82, 2.24) is 4.72 Å². The van der Waals surface area contributed by atoms with Crippen LogP contribution in [-0.4, -0.2) is 8.42 Å². The van der Waals surface area contributed by atoms with E-state index >= 15 is 0 Å². The van der Waals surface area contributed by atoms with E-state index in [9.17, 15) is 8.42 Å². The molecule has 2 aromatic rings. The van der Waals surface area contributed by atoms with Crippen LogP contribution in [0.3, 0.4) is 0 Å². The number of benzene rings is 2. The Morgan fingerprint density at radius 1 is 1.10 bits per heavy atom. The lowest BCUT2D eigenvalue weighted by Crippen LogP contribution is -2.28. The van der Waals surface area contributed by atoms with Crippen LogP contribution in [0.15, 0.2) is 53.4 Å². The third-order valence-corrected chi connectivity index (χ3v) is 5.25. The molecule has 0 spiro atoms. The predicted molar refractivity (Wildman–Crippen MR) is 86.0 cm³/mol. The highest BCUT2D eigenvalue weighted by Gasteiger charge is 2.21. The minimum atomic E-state index is -3.54. The molecule has 1 unspecified atom stereocenters. The molecular formula is C16H18ClNO2S. The van der Waals surface area contributed by atoms with Crippen molar-refractivity contribution in [2.45, 2.75) is 31.2 Å². The Hall–Kier alpha value is -1.36. The molecule has 0 heterocycles. The minimum absolute atomic E-state index is 0.271. The van der Waals surface area contributed by atoms with Crippen molar-refractivity contribution >= 4 is 21.6 Å². The van der Waals surface area contributed by atoms with Crippen LogP contribution >= 0.6 is 11.6 Å². The van der Waals surface area contributed by atoms with Gasteiger partial charge in [0.2, 0.25) is 10.0 Å². The molecule has 1 N–H and O–H groups in total. The fraction of sp³-hybridized carbons (Fsp3) is 0.250. The number of hydrogen-bond donors (Lipinski definition) is 1. The van der Waals surface area contributed by atoms with Crippen LogP contribution in [0.5, 0.6) is 0 Å². The summed E-state index contributed by atoms with van der Waals surface area (Å²) < 4.78 is 27.8. The van der Waals surface area contributed by atoms with Gasteiger partial charge in [-0.3, -0.25) is 0 Å². The number of hydrogen-bond acceptors (Lipinski definition) is 2. The average Bonchev–Trinajstić information content (AvgIpc) is 2.46. The van der Waals surface area contributed by atoms with Crippen LogP contribution in [0.4, 0.5) is 0 Å². The van der Waals surface area contributed by atoms with Gasteiger partial charge in [0.25, 0.3) is 0 Å². The summed E-state index contributed by atoms with van der Waals surface area (Å²) in [7, 11) is -3.54. The van der Waals surface area contributed by atoms with E-state index in [0.29, 0.717) is 16.3 Å². The Balaban J connectivity index is 2.30. The Morgan fingerprint density at radius 2 is 1.71 bits per heavy atom. The second-order valence-corrected chi connectivity index (χ2v) is 7.02. The van der Waals surface area contributed by atoms with Crippen molar-refractivity contribution in [2.75, 3.05) is 0 Å². The molecule has 0 saturated carbocycles.